The summed E-state index contributed by atoms with van der Waals surface area (Å²) in [6.45, 7) is 5.62. The van der Waals surface area contributed by atoms with Crippen molar-refractivity contribution in [3.63, 3.8) is 0 Å². The third kappa shape index (κ3) is 3.71. The molecule has 3 heteroatoms. The van der Waals surface area contributed by atoms with Crippen LogP contribution in [0.3, 0.4) is 0 Å². The Morgan fingerprint density at radius 1 is 1.41 bits per heavy atom. The van der Waals surface area contributed by atoms with Crippen molar-refractivity contribution >= 4 is 12.0 Å². The Balaban J connectivity index is 3.05. The Kier molecular flexibility index (Phi) is 4.07. The van der Waals surface area contributed by atoms with Crippen LogP contribution in [0.4, 0.5) is 0 Å². The van der Waals surface area contributed by atoms with Crippen LogP contribution in [0.15, 0.2) is 29.8 Å². The Bertz CT molecular complexity index is 442. The molecular formula is C14H19NO2. The van der Waals surface area contributed by atoms with Crippen molar-refractivity contribution in [2.75, 3.05) is 7.11 Å². The maximum absolute atomic E-state index is 11.3. The van der Waals surface area contributed by atoms with Gasteiger partial charge in [0, 0.05) is 11.1 Å². The number of rotatable bonds is 3. The molecule has 17 heavy (non-hydrogen) atoms. The van der Waals surface area contributed by atoms with Crippen molar-refractivity contribution in [1.82, 2.24) is 0 Å². The van der Waals surface area contributed by atoms with Gasteiger partial charge in [-0.3, -0.25) is 0 Å². The van der Waals surface area contributed by atoms with Gasteiger partial charge in [0.05, 0.1) is 7.11 Å². The number of carbonyl (C=O) groups is 1. The fraction of sp³-hybridized carbons (Fsp3) is 0.357. The molecule has 92 valence electrons. The van der Waals surface area contributed by atoms with Crippen LogP contribution >= 0.6 is 0 Å². The van der Waals surface area contributed by atoms with Gasteiger partial charge in [-0.15, -0.1) is 0 Å². The Hall–Kier alpha value is -1.61. The van der Waals surface area contributed by atoms with E-state index < -0.39 is 0 Å². The first-order valence-corrected chi connectivity index (χ1v) is 5.50. The molecule has 0 fully saturated rings. The lowest BCUT2D eigenvalue weighted by Crippen LogP contribution is -2.28. The third-order valence-electron chi connectivity index (χ3n) is 2.52. The Morgan fingerprint density at radius 3 is 2.59 bits per heavy atom. The average molecular weight is 233 g/mol. The van der Waals surface area contributed by atoms with Gasteiger partial charge in [-0.1, -0.05) is 18.2 Å². The van der Waals surface area contributed by atoms with Crippen molar-refractivity contribution < 1.29 is 9.53 Å². The molecule has 1 rings (SSSR count). The lowest BCUT2D eigenvalue weighted by molar-refractivity contribution is -0.135. The molecular weight excluding hydrogens is 214 g/mol. The second kappa shape index (κ2) is 5.15. The van der Waals surface area contributed by atoms with E-state index in [9.17, 15) is 4.79 Å². The smallest absolute Gasteiger partial charge is 0.333 e. The first-order valence-electron chi connectivity index (χ1n) is 5.50. The SMILES string of the molecule is COC(=O)C(C)=Cc1cccc(C(C)(C)N)c1. The van der Waals surface area contributed by atoms with Crippen molar-refractivity contribution in [3.8, 4) is 0 Å². The summed E-state index contributed by atoms with van der Waals surface area (Å²) in [5.74, 6) is -0.317. The van der Waals surface area contributed by atoms with Crippen LogP contribution in [-0.2, 0) is 15.1 Å². The maximum Gasteiger partial charge on any atom is 0.333 e. The molecule has 0 aliphatic rings. The minimum atomic E-state index is -0.386. The van der Waals surface area contributed by atoms with E-state index in [-0.39, 0.29) is 11.5 Å². The quantitative estimate of drug-likeness (QED) is 0.644. The zero-order valence-electron chi connectivity index (χ0n) is 10.8. The molecule has 0 atom stereocenters. The lowest BCUT2D eigenvalue weighted by atomic mass is 9.94. The first-order chi connectivity index (χ1) is 7.84. The average Bonchev–Trinajstić information content (AvgIpc) is 2.27. The molecule has 0 bridgehead atoms. The molecule has 0 amide bonds. The summed E-state index contributed by atoms with van der Waals surface area (Å²) >= 11 is 0. The van der Waals surface area contributed by atoms with Crippen molar-refractivity contribution in [2.24, 2.45) is 5.73 Å². The van der Waals surface area contributed by atoms with Gasteiger partial charge in [0.1, 0.15) is 0 Å². The Morgan fingerprint density at radius 2 is 2.06 bits per heavy atom. The van der Waals surface area contributed by atoms with Crippen LogP contribution in [0.2, 0.25) is 0 Å². The molecule has 1 aromatic rings. The number of carbonyl (C=O) groups excluding carboxylic acids is 1. The molecule has 0 heterocycles. The Labute approximate surface area is 102 Å². The second-order valence-electron chi connectivity index (χ2n) is 4.67. The molecule has 0 aliphatic carbocycles. The summed E-state index contributed by atoms with van der Waals surface area (Å²) in [5.41, 5.74) is 8.19. The number of methoxy groups -OCH3 is 1. The number of benzene rings is 1. The molecule has 2 N–H and O–H groups in total. The van der Waals surface area contributed by atoms with Gasteiger partial charge in [-0.25, -0.2) is 4.79 Å². The molecule has 3 nitrogen and oxygen atoms in total. The number of ether oxygens (including phenoxy) is 1. The minimum absolute atomic E-state index is 0.317. The monoisotopic (exact) mass is 233 g/mol. The van der Waals surface area contributed by atoms with E-state index >= 15 is 0 Å². The zero-order valence-corrected chi connectivity index (χ0v) is 10.8. The largest absolute Gasteiger partial charge is 0.466 e. The van der Waals surface area contributed by atoms with Gasteiger partial charge in [0.25, 0.3) is 0 Å². The van der Waals surface area contributed by atoms with E-state index in [2.05, 4.69) is 4.74 Å². The van der Waals surface area contributed by atoms with E-state index in [0.29, 0.717) is 5.57 Å². The fourth-order valence-electron chi connectivity index (χ4n) is 1.50. The summed E-state index contributed by atoms with van der Waals surface area (Å²) in [6.07, 6.45) is 1.79. The van der Waals surface area contributed by atoms with E-state index in [4.69, 9.17) is 5.73 Å². The van der Waals surface area contributed by atoms with Gasteiger partial charge in [0.15, 0.2) is 0 Å². The highest BCUT2D eigenvalue weighted by atomic mass is 16.5. The van der Waals surface area contributed by atoms with Gasteiger partial charge < -0.3 is 10.5 Å². The number of nitrogens with two attached hydrogens (primary N) is 1. The van der Waals surface area contributed by atoms with Crippen LogP contribution < -0.4 is 5.73 Å². The van der Waals surface area contributed by atoms with Gasteiger partial charge in [-0.05, 0) is 44.0 Å². The summed E-state index contributed by atoms with van der Waals surface area (Å²) in [6, 6.07) is 7.82. The van der Waals surface area contributed by atoms with Gasteiger partial charge in [-0.2, -0.15) is 0 Å². The van der Waals surface area contributed by atoms with Gasteiger partial charge >= 0.3 is 5.97 Å². The highest BCUT2D eigenvalue weighted by molar-refractivity contribution is 5.92. The van der Waals surface area contributed by atoms with E-state index in [1.807, 2.05) is 38.1 Å². The number of hydrogen-bond acceptors (Lipinski definition) is 3. The van der Waals surface area contributed by atoms with Crippen molar-refractivity contribution in [3.05, 3.63) is 41.0 Å². The van der Waals surface area contributed by atoms with Crippen LogP contribution in [0.5, 0.6) is 0 Å². The summed E-state index contributed by atoms with van der Waals surface area (Å²) in [5, 5.41) is 0. The predicted octanol–water partition coefficient (Wildman–Crippen LogP) is 2.46. The fourth-order valence-corrected chi connectivity index (χ4v) is 1.50. The summed E-state index contributed by atoms with van der Waals surface area (Å²) in [4.78, 5) is 11.3. The number of esters is 1. The topological polar surface area (TPSA) is 52.3 Å². The predicted molar refractivity (Wildman–Crippen MR) is 69.3 cm³/mol. The van der Waals surface area contributed by atoms with Crippen LogP contribution in [0.25, 0.3) is 6.08 Å². The van der Waals surface area contributed by atoms with Crippen LogP contribution in [-0.4, -0.2) is 13.1 Å². The molecule has 0 saturated carbocycles. The standard InChI is InChI=1S/C14H19NO2/c1-10(13(16)17-4)8-11-6-5-7-12(9-11)14(2,3)15/h5-9H,15H2,1-4H3. The van der Waals surface area contributed by atoms with E-state index in [1.54, 1.807) is 13.0 Å². The van der Waals surface area contributed by atoms with Gasteiger partial charge in [0.2, 0.25) is 0 Å². The highest BCUT2D eigenvalue weighted by Crippen LogP contribution is 2.19. The van der Waals surface area contributed by atoms with Crippen molar-refractivity contribution in [2.45, 2.75) is 26.3 Å². The summed E-state index contributed by atoms with van der Waals surface area (Å²) in [7, 11) is 1.37. The molecule has 0 radical (unpaired) electrons. The third-order valence-corrected chi connectivity index (χ3v) is 2.52. The first kappa shape index (κ1) is 13.5. The molecule has 0 aliphatic heterocycles. The van der Waals surface area contributed by atoms with Crippen molar-refractivity contribution in [1.29, 1.82) is 0 Å². The van der Waals surface area contributed by atoms with Crippen LogP contribution in [0, 0.1) is 0 Å². The highest BCUT2D eigenvalue weighted by Gasteiger charge is 2.13. The lowest BCUT2D eigenvalue weighted by Gasteiger charge is -2.19. The maximum atomic E-state index is 11.3. The molecule has 0 spiro atoms. The molecule has 0 saturated heterocycles. The number of hydrogen-bond donors (Lipinski definition) is 1. The van der Waals surface area contributed by atoms with Crippen LogP contribution in [0.1, 0.15) is 31.9 Å². The minimum Gasteiger partial charge on any atom is -0.466 e. The molecule has 0 unspecified atom stereocenters. The molecule has 1 aromatic carbocycles. The molecule has 0 aromatic heterocycles. The summed E-state index contributed by atoms with van der Waals surface area (Å²) < 4.78 is 4.65. The zero-order chi connectivity index (χ0) is 13.1. The second-order valence-corrected chi connectivity index (χ2v) is 4.67. The van der Waals surface area contributed by atoms with E-state index in [0.717, 1.165) is 11.1 Å². The van der Waals surface area contributed by atoms with E-state index in [1.165, 1.54) is 7.11 Å². The normalized spacial score (nSPS) is 12.4.